The van der Waals surface area contributed by atoms with Gasteiger partial charge in [0.15, 0.2) is 0 Å². The maximum Gasteiger partial charge on any atom is 0.417 e. The smallest absolute Gasteiger partial charge is 0.417 e. The fourth-order valence-corrected chi connectivity index (χ4v) is 2.48. The average molecular weight is 397 g/mol. The van der Waals surface area contributed by atoms with Crippen molar-refractivity contribution in [2.75, 3.05) is 13.2 Å². The lowest BCUT2D eigenvalue weighted by molar-refractivity contribution is -0.142. The highest BCUT2D eigenvalue weighted by molar-refractivity contribution is 6.13. The molecule has 11 heteroatoms. The van der Waals surface area contributed by atoms with Gasteiger partial charge in [-0.3, -0.25) is 0 Å². The number of halogens is 6. The summed E-state index contributed by atoms with van der Waals surface area (Å²) in [6.45, 7) is 2.39. The van der Waals surface area contributed by atoms with Crippen molar-refractivity contribution < 1.29 is 45.4 Å². The van der Waals surface area contributed by atoms with Gasteiger partial charge in [-0.15, -0.1) is 0 Å². The van der Waals surface area contributed by atoms with Gasteiger partial charge in [-0.2, -0.15) is 26.3 Å². The first-order valence-electron chi connectivity index (χ1n) is 7.60. The molecule has 0 spiro atoms. The van der Waals surface area contributed by atoms with Gasteiger partial charge >= 0.3 is 24.3 Å². The van der Waals surface area contributed by atoms with Gasteiger partial charge in [-0.1, -0.05) is 0 Å². The van der Waals surface area contributed by atoms with Crippen LogP contribution in [0.5, 0.6) is 0 Å². The summed E-state index contributed by atoms with van der Waals surface area (Å²) in [5.41, 5.74) is -5.54. The van der Waals surface area contributed by atoms with Crippen molar-refractivity contribution in [1.82, 2.24) is 4.98 Å². The molecule has 5 nitrogen and oxygen atoms in total. The number of carbonyl (C=O) groups is 2. The molecule has 0 fully saturated rings. The zero-order valence-electron chi connectivity index (χ0n) is 14.0. The second-order valence-corrected chi connectivity index (χ2v) is 5.26. The second-order valence-electron chi connectivity index (χ2n) is 5.26. The van der Waals surface area contributed by atoms with Crippen molar-refractivity contribution in [3.63, 3.8) is 0 Å². The number of hydrogen-bond donors (Lipinski definition) is 1. The molecule has 2 aromatic rings. The molecule has 0 bridgehead atoms. The summed E-state index contributed by atoms with van der Waals surface area (Å²) in [6.07, 6.45) is -10.3. The zero-order chi connectivity index (χ0) is 20.6. The Morgan fingerprint density at radius 2 is 1.48 bits per heavy atom. The summed E-state index contributed by atoms with van der Waals surface area (Å²) in [5.74, 6) is -2.49. The fraction of sp³-hybridized carbons (Fsp3) is 0.375. The predicted molar refractivity (Wildman–Crippen MR) is 80.2 cm³/mol. The number of ether oxygens (including phenoxy) is 2. The van der Waals surface area contributed by atoms with E-state index >= 15 is 0 Å². The van der Waals surface area contributed by atoms with Gasteiger partial charge in [-0.25, -0.2) is 9.59 Å². The molecule has 0 amide bonds. The van der Waals surface area contributed by atoms with E-state index in [4.69, 9.17) is 0 Å². The minimum atomic E-state index is -5.23. The van der Waals surface area contributed by atoms with Crippen LogP contribution in [0.2, 0.25) is 0 Å². The van der Waals surface area contributed by atoms with Crippen LogP contribution in [-0.2, 0) is 21.8 Å². The lowest BCUT2D eigenvalue weighted by atomic mass is 10.0. The number of H-pyrrole nitrogens is 1. The Morgan fingerprint density at radius 3 is 1.96 bits per heavy atom. The number of aromatic amines is 1. The Kier molecular flexibility index (Phi) is 5.43. The van der Waals surface area contributed by atoms with Crippen molar-refractivity contribution in [2.24, 2.45) is 0 Å². The highest BCUT2D eigenvalue weighted by Crippen LogP contribution is 2.42. The first kappa shape index (κ1) is 20.6. The first-order valence-corrected chi connectivity index (χ1v) is 7.60. The molecule has 1 aromatic heterocycles. The van der Waals surface area contributed by atoms with Crippen LogP contribution in [-0.4, -0.2) is 30.1 Å². The lowest BCUT2D eigenvalue weighted by Crippen LogP contribution is -2.15. The van der Waals surface area contributed by atoms with Crippen LogP contribution >= 0.6 is 0 Å². The van der Waals surface area contributed by atoms with E-state index in [9.17, 15) is 35.9 Å². The molecule has 27 heavy (non-hydrogen) atoms. The molecule has 0 aliphatic carbocycles. The molecule has 0 unspecified atom stereocenters. The predicted octanol–water partition coefficient (Wildman–Crippen LogP) is 4.56. The van der Waals surface area contributed by atoms with Crippen LogP contribution in [0, 0.1) is 0 Å². The Balaban J connectivity index is 2.94. The summed E-state index contributed by atoms with van der Waals surface area (Å²) in [5, 5.41) is -0.892. The van der Waals surface area contributed by atoms with E-state index in [1.807, 2.05) is 0 Å². The van der Waals surface area contributed by atoms with Gasteiger partial charge in [0.1, 0.15) is 11.3 Å². The molecule has 1 N–H and O–H groups in total. The second kappa shape index (κ2) is 7.12. The van der Waals surface area contributed by atoms with Crippen molar-refractivity contribution in [3.05, 3.63) is 34.5 Å². The summed E-state index contributed by atoms with van der Waals surface area (Å²) in [4.78, 5) is 26.3. The highest BCUT2D eigenvalue weighted by atomic mass is 19.4. The number of hydrogen-bond acceptors (Lipinski definition) is 4. The molecule has 1 aromatic carbocycles. The quantitative estimate of drug-likeness (QED) is 0.607. The molecule has 0 aliphatic heterocycles. The lowest BCUT2D eigenvalue weighted by Gasteiger charge is -2.14. The Hall–Kier alpha value is -2.72. The summed E-state index contributed by atoms with van der Waals surface area (Å²) in [6, 6.07) is 0.268. The Bertz CT molecular complexity index is 882. The molecule has 0 saturated heterocycles. The topological polar surface area (TPSA) is 68.4 Å². The number of rotatable bonds is 4. The monoisotopic (exact) mass is 397 g/mol. The van der Waals surface area contributed by atoms with E-state index in [1.54, 1.807) is 0 Å². The van der Waals surface area contributed by atoms with E-state index < -0.39 is 57.6 Å². The van der Waals surface area contributed by atoms with Gasteiger partial charge < -0.3 is 14.5 Å². The summed E-state index contributed by atoms with van der Waals surface area (Å²) in [7, 11) is 0. The van der Waals surface area contributed by atoms with E-state index in [2.05, 4.69) is 14.5 Å². The normalized spacial score (nSPS) is 12.3. The molecule has 148 valence electrons. The maximum absolute atomic E-state index is 13.4. The number of carbonyl (C=O) groups excluding carboxylic acids is 2. The Morgan fingerprint density at radius 1 is 0.926 bits per heavy atom. The number of fused-ring (bicyclic) bond motifs is 1. The number of alkyl halides is 6. The van der Waals surface area contributed by atoms with Crippen molar-refractivity contribution in [3.8, 4) is 0 Å². The van der Waals surface area contributed by atoms with Crippen LogP contribution in [0.4, 0.5) is 26.3 Å². The van der Waals surface area contributed by atoms with Crippen LogP contribution in [0.15, 0.2) is 12.1 Å². The molecular formula is C16H13F6NO4. The Labute approximate surface area is 148 Å². The molecule has 0 aliphatic rings. The third kappa shape index (κ3) is 4.01. The first-order chi connectivity index (χ1) is 12.4. The highest BCUT2D eigenvalue weighted by Gasteiger charge is 2.41. The standard InChI is InChI=1S/C16H13F6NO4/c1-3-26-13(24)11-10-8(16(20,21)22)5-7(15(17,18)19)6-9(10)23-12(11)14(25)27-4-2/h5-6,23H,3-4H2,1-2H3. The van der Waals surface area contributed by atoms with E-state index in [0.717, 1.165) is 0 Å². The van der Waals surface area contributed by atoms with Gasteiger partial charge in [0, 0.05) is 10.9 Å². The average Bonchev–Trinajstić information content (AvgIpc) is 2.92. The van der Waals surface area contributed by atoms with Crippen LogP contribution < -0.4 is 0 Å². The van der Waals surface area contributed by atoms with Crippen LogP contribution in [0.3, 0.4) is 0 Å². The third-order valence-electron chi connectivity index (χ3n) is 3.49. The fourth-order valence-electron chi connectivity index (χ4n) is 2.48. The number of benzene rings is 1. The van der Waals surface area contributed by atoms with Gasteiger partial charge in [-0.05, 0) is 26.0 Å². The zero-order valence-corrected chi connectivity index (χ0v) is 14.0. The molecule has 2 rings (SSSR count). The molecule has 0 saturated carbocycles. The number of aromatic nitrogens is 1. The minimum absolute atomic E-state index is 0.117. The van der Waals surface area contributed by atoms with E-state index in [-0.39, 0.29) is 19.3 Å². The number of esters is 2. The summed E-state index contributed by atoms with van der Waals surface area (Å²) < 4.78 is 88.6. The number of nitrogens with one attached hydrogen (secondary N) is 1. The minimum Gasteiger partial charge on any atom is -0.462 e. The largest absolute Gasteiger partial charge is 0.462 e. The molecule has 1 heterocycles. The summed E-state index contributed by atoms with van der Waals surface area (Å²) >= 11 is 0. The maximum atomic E-state index is 13.4. The molecule has 0 atom stereocenters. The third-order valence-corrected chi connectivity index (χ3v) is 3.49. The van der Waals surface area contributed by atoms with E-state index in [0.29, 0.717) is 6.07 Å². The molecular weight excluding hydrogens is 384 g/mol. The SMILES string of the molecule is CCOC(=O)c1[nH]c2cc(C(F)(F)F)cc(C(F)(F)F)c2c1C(=O)OCC. The van der Waals surface area contributed by atoms with E-state index in [1.165, 1.54) is 13.8 Å². The van der Waals surface area contributed by atoms with Crippen molar-refractivity contribution >= 4 is 22.8 Å². The van der Waals surface area contributed by atoms with Crippen LogP contribution in [0.1, 0.15) is 45.8 Å². The molecule has 0 radical (unpaired) electrons. The van der Waals surface area contributed by atoms with Crippen LogP contribution in [0.25, 0.3) is 10.9 Å². The van der Waals surface area contributed by atoms with Crippen molar-refractivity contribution in [2.45, 2.75) is 26.2 Å². The van der Waals surface area contributed by atoms with Gasteiger partial charge in [0.25, 0.3) is 0 Å². The van der Waals surface area contributed by atoms with Gasteiger partial charge in [0.05, 0.1) is 24.3 Å². The van der Waals surface area contributed by atoms with Crippen molar-refractivity contribution in [1.29, 1.82) is 0 Å². The van der Waals surface area contributed by atoms with Gasteiger partial charge in [0.2, 0.25) is 0 Å².